The minimum Gasteiger partial charge on any atom is -0.326 e. The van der Waals surface area contributed by atoms with Gasteiger partial charge in [-0.1, -0.05) is 53.8 Å². The first-order chi connectivity index (χ1) is 15.7. The highest BCUT2D eigenvalue weighted by molar-refractivity contribution is 7.22. The van der Waals surface area contributed by atoms with Crippen LogP contribution in [0.4, 0.5) is 10.8 Å². The Morgan fingerprint density at radius 2 is 1.66 bits per heavy atom. The topological polar surface area (TPSA) is 62.3 Å². The molecule has 1 N–H and O–H groups in total. The number of fused-ring (bicyclic) bond motifs is 1. The second-order valence-electron chi connectivity index (χ2n) is 8.00. The Labute approximate surface area is 190 Å². The van der Waals surface area contributed by atoms with Gasteiger partial charge in [0.15, 0.2) is 5.13 Å². The van der Waals surface area contributed by atoms with Crippen LogP contribution in [-0.2, 0) is 11.2 Å². The maximum Gasteiger partial charge on any atom is 0.260 e. The number of amides is 2. The lowest BCUT2D eigenvalue weighted by Gasteiger charge is -2.20. The molecular weight excluding hydrogens is 418 g/mol. The maximum atomic E-state index is 13.5. The van der Waals surface area contributed by atoms with Gasteiger partial charge in [-0.25, -0.2) is 4.98 Å². The average Bonchev–Trinajstić information content (AvgIpc) is 3.59. The molecule has 2 amide bonds. The zero-order valence-electron chi connectivity index (χ0n) is 17.5. The van der Waals surface area contributed by atoms with Gasteiger partial charge in [-0.2, -0.15) is 0 Å². The molecule has 0 saturated heterocycles. The van der Waals surface area contributed by atoms with Crippen LogP contribution in [0.15, 0.2) is 78.9 Å². The summed E-state index contributed by atoms with van der Waals surface area (Å²) in [6.07, 6.45) is 2.65. The van der Waals surface area contributed by atoms with Gasteiger partial charge >= 0.3 is 0 Å². The predicted octanol–water partition coefficient (Wildman–Crippen LogP) is 5.53. The minimum atomic E-state index is -0.0972. The van der Waals surface area contributed by atoms with E-state index in [1.165, 1.54) is 16.9 Å². The summed E-state index contributed by atoms with van der Waals surface area (Å²) in [6, 6.07) is 25.2. The monoisotopic (exact) mass is 441 g/mol. The quantitative estimate of drug-likeness (QED) is 0.410. The molecule has 32 heavy (non-hydrogen) atoms. The lowest BCUT2D eigenvalue weighted by atomic mass is 10.1. The van der Waals surface area contributed by atoms with E-state index in [2.05, 4.69) is 17.4 Å². The van der Waals surface area contributed by atoms with Crippen molar-refractivity contribution in [2.45, 2.75) is 19.3 Å². The molecule has 160 valence electrons. The Kier molecular flexibility index (Phi) is 5.69. The minimum absolute atomic E-state index is 0.0584. The number of rotatable bonds is 7. The molecule has 0 bridgehead atoms. The van der Waals surface area contributed by atoms with Crippen LogP contribution >= 0.6 is 11.3 Å². The summed E-state index contributed by atoms with van der Waals surface area (Å²) < 4.78 is 1.05. The first-order valence-electron chi connectivity index (χ1n) is 10.8. The summed E-state index contributed by atoms with van der Waals surface area (Å²) in [6.45, 7) is 0.531. The number of carbonyl (C=O) groups excluding carboxylic acids is 2. The van der Waals surface area contributed by atoms with Crippen LogP contribution in [0.25, 0.3) is 10.2 Å². The SMILES string of the molecule is O=C(Nc1ccc(C(=O)N(CCc2ccccc2)c2nc3ccccc3s2)cc1)C1CC1. The van der Waals surface area contributed by atoms with Crippen LogP contribution in [0, 0.1) is 5.92 Å². The zero-order valence-corrected chi connectivity index (χ0v) is 18.3. The molecule has 1 saturated carbocycles. The highest BCUT2D eigenvalue weighted by atomic mass is 32.1. The van der Waals surface area contributed by atoms with Crippen LogP contribution in [0.2, 0.25) is 0 Å². The van der Waals surface area contributed by atoms with Gasteiger partial charge in [0, 0.05) is 23.7 Å². The van der Waals surface area contributed by atoms with Crippen molar-refractivity contribution >= 4 is 44.2 Å². The van der Waals surface area contributed by atoms with E-state index >= 15 is 0 Å². The van der Waals surface area contributed by atoms with Gasteiger partial charge in [0.2, 0.25) is 5.91 Å². The lowest BCUT2D eigenvalue weighted by molar-refractivity contribution is -0.117. The van der Waals surface area contributed by atoms with Crippen LogP contribution in [0.5, 0.6) is 0 Å². The van der Waals surface area contributed by atoms with Crippen molar-refractivity contribution in [2.75, 3.05) is 16.8 Å². The van der Waals surface area contributed by atoms with Gasteiger partial charge < -0.3 is 5.32 Å². The number of hydrogen-bond acceptors (Lipinski definition) is 4. The average molecular weight is 442 g/mol. The molecule has 0 aliphatic heterocycles. The van der Waals surface area contributed by atoms with Gasteiger partial charge in [-0.15, -0.1) is 0 Å². The molecule has 6 heteroatoms. The number of anilines is 2. The van der Waals surface area contributed by atoms with Crippen LogP contribution in [0.3, 0.4) is 0 Å². The normalized spacial score (nSPS) is 13.1. The van der Waals surface area contributed by atoms with E-state index in [9.17, 15) is 9.59 Å². The lowest BCUT2D eigenvalue weighted by Crippen LogP contribution is -2.32. The largest absolute Gasteiger partial charge is 0.326 e. The van der Waals surface area contributed by atoms with Crippen molar-refractivity contribution < 1.29 is 9.59 Å². The van der Waals surface area contributed by atoms with E-state index in [1.807, 2.05) is 42.5 Å². The van der Waals surface area contributed by atoms with Crippen molar-refractivity contribution in [3.05, 3.63) is 90.0 Å². The van der Waals surface area contributed by atoms with Gasteiger partial charge in [-0.05, 0) is 61.2 Å². The predicted molar refractivity (Wildman–Crippen MR) is 129 cm³/mol. The highest BCUT2D eigenvalue weighted by Crippen LogP contribution is 2.31. The Bertz CT molecular complexity index is 1210. The number of aromatic nitrogens is 1. The van der Waals surface area contributed by atoms with Gasteiger partial charge in [0.1, 0.15) is 0 Å². The van der Waals surface area contributed by atoms with Gasteiger partial charge in [0.05, 0.1) is 10.2 Å². The van der Waals surface area contributed by atoms with E-state index < -0.39 is 0 Å². The number of nitrogens with one attached hydrogen (secondary N) is 1. The number of hydrogen-bond donors (Lipinski definition) is 1. The molecule has 5 nitrogen and oxygen atoms in total. The van der Waals surface area contributed by atoms with Crippen molar-refractivity contribution in [2.24, 2.45) is 5.92 Å². The van der Waals surface area contributed by atoms with E-state index in [0.29, 0.717) is 22.9 Å². The summed E-state index contributed by atoms with van der Waals surface area (Å²) in [5.74, 6) is 0.104. The first-order valence-corrected chi connectivity index (χ1v) is 11.6. The van der Waals surface area contributed by atoms with Crippen molar-refractivity contribution in [1.82, 2.24) is 4.98 Å². The fourth-order valence-corrected chi connectivity index (χ4v) is 4.58. The van der Waals surface area contributed by atoms with Crippen molar-refractivity contribution in [3.8, 4) is 0 Å². The van der Waals surface area contributed by atoms with Gasteiger partial charge in [-0.3, -0.25) is 14.5 Å². The molecule has 0 unspecified atom stereocenters. The fraction of sp³-hybridized carbons (Fsp3) is 0.192. The number of para-hydroxylation sites is 1. The van der Waals surface area contributed by atoms with E-state index in [0.717, 1.165) is 29.5 Å². The summed E-state index contributed by atoms with van der Waals surface area (Å²) in [5.41, 5.74) is 3.35. The number of thiazole rings is 1. The van der Waals surface area contributed by atoms with Crippen LogP contribution in [0.1, 0.15) is 28.8 Å². The molecule has 1 aliphatic rings. The number of nitrogens with zero attached hydrogens (tertiary/aromatic N) is 2. The van der Waals surface area contributed by atoms with Crippen LogP contribution < -0.4 is 10.2 Å². The van der Waals surface area contributed by atoms with E-state index in [1.54, 1.807) is 29.2 Å². The molecule has 0 spiro atoms. The molecule has 0 atom stereocenters. The molecule has 3 aromatic carbocycles. The number of carbonyl (C=O) groups is 2. The van der Waals surface area contributed by atoms with Crippen LogP contribution in [-0.4, -0.2) is 23.3 Å². The van der Waals surface area contributed by atoms with E-state index in [-0.39, 0.29) is 17.7 Å². The second-order valence-corrected chi connectivity index (χ2v) is 9.01. The molecule has 1 fully saturated rings. The Hall–Kier alpha value is -3.51. The molecular formula is C26H23N3O2S. The highest BCUT2D eigenvalue weighted by Gasteiger charge is 2.29. The molecule has 1 aromatic heterocycles. The summed E-state index contributed by atoms with van der Waals surface area (Å²) in [7, 11) is 0. The second kappa shape index (κ2) is 8.93. The fourth-order valence-electron chi connectivity index (χ4n) is 3.59. The smallest absolute Gasteiger partial charge is 0.260 e. The standard InChI is InChI=1S/C26H23N3O2S/c30-24(19-10-11-19)27-21-14-12-20(13-15-21)25(31)29(17-16-18-6-2-1-3-7-18)26-28-22-8-4-5-9-23(22)32-26/h1-9,12-15,19H,10-11,16-17H2,(H,27,30). The maximum absolute atomic E-state index is 13.5. The summed E-state index contributed by atoms with van der Waals surface area (Å²) >= 11 is 1.52. The van der Waals surface area contributed by atoms with E-state index in [4.69, 9.17) is 4.98 Å². The summed E-state index contributed by atoms with van der Waals surface area (Å²) in [4.78, 5) is 32.0. The molecule has 4 aromatic rings. The molecule has 0 radical (unpaired) electrons. The first kappa shape index (κ1) is 20.4. The Balaban J connectivity index is 1.39. The third kappa shape index (κ3) is 4.55. The Morgan fingerprint density at radius 1 is 0.938 bits per heavy atom. The summed E-state index contributed by atoms with van der Waals surface area (Å²) in [5, 5.41) is 3.61. The molecule has 5 rings (SSSR count). The van der Waals surface area contributed by atoms with Crippen molar-refractivity contribution in [1.29, 1.82) is 0 Å². The zero-order chi connectivity index (χ0) is 21.9. The third-order valence-electron chi connectivity index (χ3n) is 5.57. The number of benzene rings is 3. The Morgan fingerprint density at radius 3 is 2.38 bits per heavy atom. The third-order valence-corrected chi connectivity index (χ3v) is 6.63. The van der Waals surface area contributed by atoms with Crippen molar-refractivity contribution in [3.63, 3.8) is 0 Å². The molecule has 1 aliphatic carbocycles. The van der Waals surface area contributed by atoms with Gasteiger partial charge in [0.25, 0.3) is 5.91 Å². The molecule has 1 heterocycles.